The van der Waals surface area contributed by atoms with E-state index in [0.29, 0.717) is 47.3 Å². The van der Waals surface area contributed by atoms with E-state index in [4.69, 9.17) is 37.7 Å². The molecule has 2 aromatic heterocycles. The molecule has 4 saturated heterocycles. The molecule has 6 heterocycles. The fraction of sp³-hybridized carbons (Fsp3) is 0.469. The number of carbonyl (C=O) groups is 2. The number of likely N-dealkylation sites (tertiary alicyclic amines) is 2. The Morgan fingerprint density at radius 1 is 0.894 bits per heavy atom. The molecule has 4 aliphatic rings. The summed E-state index contributed by atoms with van der Waals surface area (Å²) in [6.45, 7) is 13.4. The van der Waals surface area contributed by atoms with Gasteiger partial charge in [0.25, 0.3) is 0 Å². The zero-order valence-corrected chi connectivity index (χ0v) is 39.2. The van der Waals surface area contributed by atoms with E-state index >= 15 is 0 Å². The molecule has 0 spiro atoms. The first-order valence-corrected chi connectivity index (χ1v) is 23.8. The monoisotopic (exact) mass is 934 g/mol. The maximum absolute atomic E-state index is 13.4. The normalized spacial score (nSPS) is 19.5. The quantitative estimate of drug-likeness (QED) is 0.109. The number of hydrogen-bond donors (Lipinski definition) is 1. The molecule has 0 saturated carbocycles. The molecule has 15 nitrogen and oxygen atoms in total. The lowest BCUT2D eigenvalue weighted by molar-refractivity contribution is -0.135. The number of nitrogens with one attached hydrogen (secondary N) is 1. The van der Waals surface area contributed by atoms with E-state index in [0.717, 1.165) is 117 Å². The molecule has 1 atom stereocenters. The van der Waals surface area contributed by atoms with Crippen molar-refractivity contribution in [3.8, 4) is 17.6 Å². The molecule has 9 rings (SSSR count). The summed E-state index contributed by atoms with van der Waals surface area (Å²) in [4.78, 5) is 57.4. The van der Waals surface area contributed by atoms with Gasteiger partial charge in [-0.2, -0.15) is 5.26 Å². The molecule has 2 amide bonds. The summed E-state index contributed by atoms with van der Waals surface area (Å²) in [6.07, 6.45) is 4.67. The standard InChI is InChI=1S/C49H56Cl2N10O5/c1-49(2,35-25-33(27-52)45(40(51)26-35)65-24-16-50)34-7-9-39(10-8-34)66-31-36-13-17-53-47(54-36)60-22-20-59(21-23-60)37-14-18-58(19-15-37)38-29-57(30-38)28-32-5-4-6-41-44(32)56(3)48(64)61(41)42-11-12-43(62)55-46(42)63/h4-10,13,17,25-26,37-38,42H,11-12,14-16,18-24,28-31H2,1-3H3,(H,55,62,63). The minimum atomic E-state index is -0.688. The smallest absolute Gasteiger partial charge is 0.329 e. The fourth-order valence-electron chi connectivity index (χ4n) is 10.2. The number of imide groups is 1. The lowest BCUT2D eigenvalue weighted by atomic mass is 9.77. The number of amides is 2. The summed E-state index contributed by atoms with van der Waals surface area (Å²) < 4.78 is 15.0. The number of halogens is 2. The Morgan fingerprint density at radius 2 is 1.64 bits per heavy atom. The van der Waals surface area contributed by atoms with E-state index in [1.54, 1.807) is 16.2 Å². The van der Waals surface area contributed by atoms with Crippen molar-refractivity contribution >= 4 is 52.0 Å². The number of fused-ring (bicyclic) bond motifs is 1. The van der Waals surface area contributed by atoms with Crippen molar-refractivity contribution in [2.24, 2.45) is 7.05 Å². The highest BCUT2D eigenvalue weighted by Crippen LogP contribution is 2.39. The van der Waals surface area contributed by atoms with Crippen LogP contribution in [0.2, 0.25) is 5.02 Å². The summed E-state index contributed by atoms with van der Waals surface area (Å²) in [7, 11) is 1.77. The van der Waals surface area contributed by atoms with Crippen molar-refractivity contribution in [3.05, 3.63) is 110 Å². The molecule has 1 N–H and O–H groups in total. The first-order chi connectivity index (χ1) is 31.9. The van der Waals surface area contributed by atoms with Crippen molar-refractivity contribution in [2.45, 2.75) is 76.2 Å². The topological polar surface area (TPSA) is 154 Å². The SMILES string of the molecule is Cn1c(=O)n(C2CCC(=O)NC2=O)c2cccc(CN3CC(N4CCC(N5CCN(c6nccc(COc7ccc(C(C)(C)c8cc(Cl)c(OCCCl)c(C#N)c8)cc7)n6)CC5)CC4)C3)c21. The summed E-state index contributed by atoms with van der Waals surface area (Å²) in [5.74, 6) is 1.41. The summed E-state index contributed by atoms with van der Waals surface area (Å²) in [6, 6.07) is 22.1. The highest BCUT2D eigenvalue weighted by atomic mass is 35.5. The Bertz CT molecular complexity index is 2690. The number of rotatable bonds is 14. The molecule has 5 aromatic rings. The van der Waals surface area contributed by atoms with Gasteiger partial charge >= 0.3 is 5.69 Å². The summed E-state index contributed by atoms with van der Waals surface area (Å²) in [5, 5.41) is 12.6. The van der Waals surface area contributed by atoms with E-state index in [2.05, 4.69) is 55.9 Å². The fourth-order valence-corrected chi connectivity index (χ4v) is 10.5. The number of nitrogens with zero attached hydrogens (tertiary/aromatic N) is 9. The van der Waals surface area contributed by atoms with Gasteiger partial charge in [0.15, 0.2) is 5.75 Å². The second-order valence-corrected chi connectivity index (χ2v) is 19.2. The molecule has 3 aromatic carbocycles. The first kappa shape index (κ1) is 45.6. The van der Waals surface area contributed by atoms with Crippen LogP contribution in [0.1, 0.15) is 73.5 Å². The minimum Gasteiger partial charge on any atom is -0.489 e. The second kappa shape index (κ2) is 19.4. The third kappa shape index (κ3) is 9.26. The largest absolute Gasteiger partial charge is 0.489 e. The number of anilines is 1. The van der Waals surface area contributed by atoms with Crippen LogP contribution in [0.25, 0.3) is 11.0 Å². The van der Waals surface area contributed by atoms with E-state index in [-0.39, 0.29) is 24.6 Å². The van der Waals surface area contributed by atoms with Gasteiger partial charge in [-0.05, 0) is 72.4 Å². The van der Waals surface area contributed by atoms with Crippen molar-refractivity contribution in [1.82, 2.24) is 39.1 Å². The van der Waals surface area contributed by atoms with Crippen LogP contribution in [-0.4, -0.2) is 123 Å². The molecular formula is C49H56Cl2N10O5. The predicted octanol–water partition coefficient (Wildman–Crippen LogP) is 5.63. The van der Waals surface area contributed by atoms with Crippen LogP contribution < -0.4 is 25.4 Å². The Hall–Kier alpha value is -5.50. The lowest BCUT2D eigenvalue weighted by Crippen LogP contribution is -2.62. The van der Waals surface area contributed by atoms with Crippen molar-refractivity contribution in [3.63, 3.8) is 0 Å². The molecule has 66 heavy (non-hydrogen) atoms. The number of alkyl halides is 1. The number of piperidine rings is 2. The Kier molecular flexibility index (Phi) is 13.4. The van der Waals surface area contributed by atoms with E-state index in [9.17, 15) is 19.6 Å². The lowest BCUT2D eigenvalue weighted by Gasteiger charge is -2.49. The van der Waals surface area contributed by atoms with E-state index in [1.807, 2.05) is 60.8 Å². The predicted molar refractivity (Wildman–Crippen MR) is 253 cm³/mol. The summed E-state index contributed by atoms with van der Waals surface area (Å²) >= 11 is 12.4. The van der Waals surface area contributed by atoms with Crippen LogP contribution in [-0.2, 0) is 35.2 Å². The van der Waals surface area contributed by atoms with Gasteiger partial charge in [0.1, 0.15) is 31.1 Å². The number of aryl methyl sites for hydroxylation is 1. The molecule has 17 heteroatoms. The number of ether oxygens (including phenoxy) is 2. The van der Waals surface area contributed by atoms with E-state index < -0.39 is 17.4 Å². The van der Waals surface area contributed by atoms with Crippen molar-refractivity contribution < 1.29 is 19.1 Å². The maximum atomic E-state index is 13.4. The van der Waals surface area contributed by atoms with Gasteiger partial charge in [-0.3, -0.25) is 38.7 Å². The number of hydrogen-bond acceptors (Lipinski definition) is 12. The number of piperazine rings is 1. The average molecular weight is 936 g/mol. The van der Waals surface area contributed by atoms with Crippen molar-refractivity contribution in [2.75, 3.05) is 69.7 Å². The molecular weight excluding hydrogens is 880 g/mol. The highest BCUT2D eigenvalue weighted by molar-refractivity contribution is 6.32. The molecule has 0 aliphatic carbocycles. The number of nitriles is 1. The van der Waals surface area contributed by atoms with Gasteiger partial charge in [-0.1, -0.05) is 49.7 Å². The van der Waals surface area contributed by atoms with Gasteiger partial charge in [0.05, 0.1) is 33.2 Å². The Labute approximate surface area is 394 Å². The highest BCUT2D eigenvalue weighted by Gasteiger charge is 2.37. The van der Waals surface area contributed by atoms with E-state index in [1.165, 1.54) is 0 Å². The van der Waals surface area contributed by atoms with Crippen LogP contribution in [0, 0.1) is 11.3 Å². The molecule has 4 aliphatic heterocycles. The Morgan fingerprint density at radius 3 is 2.35 bits per heavy atom. The molecule has 0 bridgehead atoms. The second-order valence-electron chi connectivity index (χ2n) is 18.4. The van der Waals surface area contributed by atoms with Gasteiger partial charge in [-0.15, -0.1) is 11.6 Å². The van der Waals surface area contributed by atoms with Crippen molar-refractivity contribution in [1.29, 1.82) is 5.26 Å². The van der Waals surface area contributed by atoms with Crippen LogP contribution in [0.4, 0.5) is 5.95 Å². The minimum absolute atomic E-state index is 0.222. The van der Waals surface area contributed by atoms with Gasteiger partial charge in [0.2, 0.25) is 17.8 Å². The van der Waals surface area contributed by atoms with Gasteiger partial charge < -0.3 is 14.4 Å². The van der Waals surface area contributed by atoms with Crippen LogP contribution in [0.5, 0.6) is 11.5 Å². The van der Waals surface area contributed by atoms with Crippen LogP contribution in [0.3, 0.4) is 0 Å². The molecule has 4 fully saturated rings. The maximum Gasteiger partial charge on any atom is 0.329 e. The first-order valence-electron chi connectivity index (χ1n) is 22.9. The number of carbonyl (C=O) groups excluding carboxylic acids is 2. The number of imidazole rings is 1. The number of benzene rings is 3. The molecule has 346 valence electrons. The third-order valence-electron chi connectivity index (χ3n) is 14.0. The zero-order valence-electron chi connectivity index (χ0n) is 37.7. The van der Waals surface area contributed by atoms with Crippen LogP contribution in [0.15, 0.2) is 71.7 Å². The molecule has 0 radical (unpaired) electrons. The number of aromatic nitrogens is 4. The molecule has 1 unspecified atom stereocenters. The van der Waals surface area contributed by atoms with Gasteiger partial charge in [0, 0.05) is 96.1 Å². The van der Waals surface area contributed by atoms with Gasteiger partial charge in [-0.25, -0.2) is 14.8 Å². The Balaban J connectivity index is 0.723. The third-order valence-corrected chi connectivity index (χ3v) is 14.5. The summed E-state index contributed by atoms with van der Waals surface area (Å²) in [5.41, 5.74) is 5.12. The zero-order chi connectivity index (χ0) is 46.1. The average Bonchev–Trinajstić information content (AvgIpc) is 3.57. The number of para-hydroxylation sites is 1. The van der Waals surface area contributed by atoms with Crippen LogP contribution >= 0.6 is 23.2 Å².